The lowest BCUT2D eigenvalue weighted by molar-refractivity contribution is 0.150. The first-order valence-electron chi connectivity index (χ1n) is 10.6. The number of aromatic nitrogens is 1. The van der Waals surface area contributed by atoms with Crippen LogP contribution in [0.25, 0.3) is 5.69 Å². The van der Waals surface area contributed by atoms with Gasteiger partial charge in [0.05, 0.1) is 18.7 Å². The molecule has 30 heavy (non-hydrogen) atoms. The number of urea groups is 1. The summed E-state index contributed by atoms with van der Waals surface area (Å²) in [6.07, 6.45) is 2.76. The minimum absolute atomic E-state index is 0.0472. The van der Waals surface area contributed by atoms with Crippen LogP contribution in [0.1, 0.15) is 27.2 Å². The van der Waals surface area contributed by atoms with Crippen LogP contribution < -0.4 is 10.5 Å². The zero-order chi connectivity index (χ0) is 21.7. The number of carbonyl (C=O) groups excluding carboxylic acids is 1. The molecule has 0 bridgehead atoms. The van der Waals surface area contributed by atoms with E-state index in [1.165, 1.54) is 6.07 Å². The summed E-state index contributed by atoms with van der Waals surface area (Å²) in [6, 6.07) is 12.8. The molecule has 2 aliphatic rings. The number of pyridine rings is 1. The molecule has 2 atom stereocenters. The van der Waals surface area contributed by atoms with E-state index < -0.39 is 8.32 Å². The van der Waals surface area contributed by atoms with Gasteiger partial charge in [0.15, 0.2) is 8.32 Å². The van der Waals surface area contributed by atoms with E-state index in [9.17, 15) is 9.59 Å². The van der Waals surface area contributed by atoms with Crippen molar-refractivity contribution in [1.82, 2.24) is 9.47 Å². The third-order valence-electron chi connectivity index (χ3n) is 6.84. The van der Waals surface area contributed by atoms with E-state index in [2.05, 4.69) is 33.9 Å². The average molecular weight is 426 g/mol. The lowest BCUT2D eigenvalue weighted by Crippen LogP contribution is -2.47. The van der Waals surface area contributed by atoms with Gasteiger partial charge in [-0.2, -0.15) is 0 Å². The number of fused-ring (bicyclic) bond motifs is 1. The van der Waals surface area contributed by atoms with Crippen LogP contribution in [0.2, 0.25) is 18.1 Å². The molecular formula is C23H31N3O3Si. The highest BCUT2D eigenvalue weighted by atomic mass is 28.4. The molecule has 6 nitrogen and oxygen atoms in total. The Labute approximate surface area is 179 Å². The van der Waals surface area contributed by atoms with Crippen molar-refractivity contribution >= 4 is 20.0 Å². The molecule has 0 saturated carbocycles. The number of hydrogen-bond donors (Lipinski definition) is 0. The van der Waals surface area contributed by atoms with Crippen molar-refractivity contribution < 1.29 is 9.22 Å². The Morgan fingerprint density at radius 2 is 1.67 bits per heavy atom. The molecule has 160 valence electrons. The fourth-order valence-electron chi connectivity index (χ4n) is 4.04. The van der Waals surface area contributed by atoms with Crippen LogP contribution in [0.15, 0.2) is 53.5 Å². The molecule has 1 unspecified atom stereocenters. The van der Waals surface area contributed by atoms with Crippen molar-refractivity contribution in [2.24, 2.45) is 0 Å². The van der Waals surface area contributed by atoms with Gasteiger partial charge in [-0.15, -0.1) is 0 Å². The molecule has 2 amide bonds. The largest absolute Gasteiger partial charge is 0.412 e. The van der Waals surface area contributed by atoms with E-state index in [-0.39, 0.29) is 28.8 Å². The Morgan fingerprint density at radius 1 is 1.00 bits per heavy atom. The van der Waals surface area contributed by atoms with Gasteiger partial charge in [0.2, 0.25) is 0 Å². The summed E-state index contributed by atoms with van der Waals surface area (Å²) in [7, 11) is -1.89. The molecule has 7 heteroatoms. The van der Waals surface area contributed by atoms with Crippen LogP contribution in [0.3, 0.4) is 0 Å². The summed E-state index contributed by atoms with van der Waals surface area (Å²) in [6.45, 7) is 12.7. The number of hydrogen-bond acceptors (Lipinski definition) is 3. The molecule has 0 N–H and O–H groups in total. The topological polar surface area (TPSA) is 54.8 Å². The van der Waals surface area contributed by atoms with Crippen molar-refractivity contribution in [3.8, 4) is 5.69 Å². The van der Waals surface area contributed by atoms with E-state index in [1.807, 2.05) is 40.1 Å². The van der Waals surface area contributed by atoms with Crippen LogP contribution in [-0.2, 0) is 4.43 Å². The molecule has 0 radical (unpaired) electrons. The number of carbonyl (C=O) groups is 1. The van der Waals surface area contributed by atoms with E-state index in [1.54, 1.807) is 16.8 Å². The second-order valence-corrected chi connectivity index (χ2v) is 14.5. The first-order chi connectivity index (χ1) is 14.1. The maximum absolute atomic E-state index is 13.1. The third kappa shape index (κ3) is 3.61. The van der Waals surface area contributed by atoms with E-state index >= 15 is 0 Å². The van der Waals surface area contributed by atoms with Gasteiger partial charge in [-0.3, -0.25) is 14.3 Å². The first kappa shape index (κ1) is 20.9. The SMILES string of the molecule is CC(C)(C)[Si](C)(C)O[C@H]1CCN2C(=O)N(c3ccc(-n4ccccc4=O)cc3)CC12. The second-order valence-electron chi connectivity index (χ2n) is 9.78. The summed E-state index contributed by atoms with van der Waals surface area (Å²) in [4.78, 5) is 28.9. The van der Waals surface area contributed by atoms with Gasteiger partial charge >= 0.3 is 6.03 Å². The number of rotatable bonds is 4. The molecule has 2 aliphatic heterocycles. The fourth-order valence-corrected chi connectivity index (χ4v) is 5.43. The average Bonchev–Trinajstić information content (AvgIpc) is 3.22. The monoisotopic (exact) mass is 425 g/mol. The van der Waals surface area contributed by atoms with Gasteiger partial charge < -0.3 is 9.33 Å². The zero-order valence-electron chi connectivity index (χ0n) is 18.5. The Morgan fingerprint density at radius 3 is 2.30 bits per heavy atom. The quantitative estimate of drug-likeness (QED) is 0.689. The molecule has 3 heterocycles. The van der Waals surface area contributed by atoms with Crippen molar-refractivity contribution in [2.75, 3.05) is 18.0 Å². The Balaban J connectivity index is 1.52. The van der Waals surface area contributed by atoms with E-state index in [0.29, 0.717) is 6.54 Å². The molecule has 1 aromatic heterocycles. The summed E-state index contributed by atoms with van der Waals surface area (Å²) in [5.74, 6) is 0. The Hall–Kier alpha value is -2.38. The van der Waals surface area contributed by atoms with Gasteiger partial charge in [0.1, 0.15) is 0 Å². The highest BCUT2D eigenvalue weighted by Crippen LogP contribution is 2.40. The van der Waals surface area contributed by atoms with Crippen molar-refractivity contribution in [3.05, 3.63) is 59.0 Å². The molecule has 0 spiro atoms. The standard InChI is InChI=1S/C23H31N3O3Si/c1-23(2,3)30(4,5)29-20-13-15-25-19(20)16-26(22(25)28)18-11-9-17(10-12-18)24-14-7-6-8-21(24)27/h6-12,14,19-20H,13,15-16H2,1-5H3/t19?,20-/m0/s1. The summed E-state index contributed by atoms with van der Waals surface area (Å²) in [5, 5.41) is 0.147. The van der Waals surface area contributed by atoms with Crippen molar-refractivity contribution in [3.63, 3.8) is 0 Å². The highest BCUT2D eigenvalue weighted by molar-refractivity contribution is 6.74. The van der Waals surface area contributed by atoms with Gasteiger partial charge in [-0.05, 0) is 54.9 Å². The first-order valence-corrected chi connectivity index (χ1v) is 13.5. The minimum Gasteiger partial charge on any atom is -0.412 e. The molecule has 2 fully saturated rings. The second kappa shape index (κ2) is 7.39. The highest BCUT2D eigenvalue weighted by Gasteiger charge is 2.50. The predicted octanol–water partition coefficient (Wildman–Crippen LogP) is 4.24. The van der Waals surface area contributed by atoms with Crippen molar-refractivity contribution in [1.29, 1.82) is 0 Å². The number of benzene rings is 1. The maximum atomic E-state index is 13.1. The number of nitrogens with zero attached hydrogens (tertiary/aromatic N) is 3. The molecule has 2 saturated heterocycles. The number of anilines is 1. The third-order valence-corrected chi connectivity index (χ3v) is 11.3. The van der Waals surface area contributed by atoms with E-state index in [0.717, 1.165) is 24.3 Å². The molecule has 4 rings (SSSR count). The summed E-state index contributed by atoms with van der Waals surface area (Å²) < 4.78 is 8.27. The van der Waals surface area contributed by atoms with Gasteiger partial charge in [-0.1, -0.05) is 26.8 Å². The number of amides is 2. The zero-order valence-corrected chi connectivity index (χ0v) is 19.5. The lowest BCUT2D eigenvalue weighted by Gasteiger charge is -2.39. The predicted molar refractivity (Wildman–Crippen MR) is 122 cm³/mol. The van der Waals surface area contributed by atoms with Crippen LogP contribution in [0.4, 0.5) is 10.5 Å². The van der Waals surface area contributed by atoms with Crippen LogP contribution in [0, 0.1) is 0 Å². The summed E-state index contributed by atoms with van der Waals surface area (Å²) >= 11 is 0. The van der Waals surface area contributed by atoms with Crippen LogP contribution in [-0.4, -0.2) is 49.1 Å². The van der Waals surface area contributed by atoms with Gasteiger partial charge in [0.25, 0.3) is 5.56 Å². The van der Waals surface area contributed by atoms with Gasteiger partial charge in [-0.25, -0.2) is 4.79 Å². The van der Waals surface area contributed by atoms with Gasteiger partial charge in [0, 0.05) is 30.2 Å². The molecular weight excluding hydrogens is 394 g/mol. The Kier molecular flexibility index (Phi) is 5.14. The molecule has 1 aromatic carbocycles. The van der Waals surface area contributed by atoms with Crippen LogP contribution in [0.5, 0.6) is 0 Å². The smallest absolute Gasteiger partial charge is 0.324 e. The van der Waals surface area contributed by atoms with Crippen molar-refractivity contribution in [2.45, 2.75) is 57.5 Å². The normalized spacial score (nSPS) is 22.0. The molecule has 2 aromatic rings. The fraction of sp³-hybridized carbons (Fsp3) is 0.478. The minimum atomic E-state index is -1.89. The molecule has 0 aliphatic carbocycles. The lowest BCUT2D eigenvalue weighted by atomic mass is 10.1. The maximum Gasteiger partial charge on any atom is 0.324 e. The van der Waals surface area contributed by atoms with E-state index in [4.69, 9.17) is 4.43 Å². The summed E-state index contributed by atoms with van der Waals surface area (Å²) in [5.41, 5.74) is 1.57. The Bertz CT molecular complexity index is 994. The van der Waals surface area contributed by atoms with Crippen LogP contribution >= 0.6 is 0 Å².